The van der Waals surface area contributed by atoms with Gasteiger partial charge in [-0.3, -0.25) is 0 Å². The van der Waals surface area contributed by atoms with Crippen molar-refractivity contribution in [2.75, 3.05) is 0 Å². The van der Waals surface area contributed by atoms with E-state index in [0.29, 0.717) is 0 Å². The van der Waals surface area contributed by atoms with Crippen molar-refractivity contribution in [3.05, 3.63) is 176 Å². The van der Waals surface area contributed by atoms with Gasteiger partial charge in [0.05, 0.1) is 69.5 Å². The van der Waals surface area contributed by atoms with E-state index in [1.807, 2.05) is 0 Å². The fourth-order valence-electron chi connectivity index (χ4n) is 4.79. The van der Waals surface area contributed by atoms with Gasteiger partial charge in [0.2, 0.25) is 5.70 Å². The second-order valence-corrected chi connectivity index (χ2v) is 9.62. The number of nitriles is 4. The van der Waals surface area contributed by atoms with Crippen molar-refractivity contribution < 1.29 is 24.7 Å². The highest BCUT2D eigenvalue weighted by Gasteiger charge is 2.41. The number of allylic oxidation sites excluding steroid dienone is 5. The predicted octanol–water partition coefficient (Wildman–Crippen LogP) is 10.0. The summed E-state index contributed by atoms with van der Waals surface area (Å²) in [5.41, 5.74) is -8.62. The Balaban J connectivity index is 1.77. The average Bonchev–Trinajstić information content (AvgIpc) is 4.00. The van der Waals surface area contributed by atoms with Gasteiger partial charge in [0.15, 0.2) is 5.69 Å². The Labute approximate surface area is 301 Å². The first-order chi connectivity index (χ1) is 31.1. The molecule has 0 unspecified atom stereocenters. The van der Waals surface area contributed by atoms with Crippen LogP contribution in [0, 0.1) is 58.5 Å². The minimum absolute atomic E-state index is 0.569. The molecule has 0 amide bonds. The van der Waals surface area contributed by atoms with Gasteiger partial charge in [-0.25, -0.2) is 9.69 Å². The standard InChI is InChI=1S/C42H18N6/c1-47-36-14-13-31-18-34(11-8-32(31)20-36)38(24-46)40-39(37(23-45)33-10-7-27-15-25(21-43)3-5-29(27)17-33)41(40)42(48-2)35-12-9-28-16-26(22-44)4-6-30(28)19-35/h3-20H/b39-37+,40-38-,42-41-/i3D,4D,5D,6D,7D,8D,9D,10D,11D,12D,13D,14D,15D,16D,17D,18D,19D,20D. The lowest BCUT2D eigenvalue weighted by Gasteiger charge is -2.04. The van der Waals surface area contributed by atoms with E-state index in [9.17, 15) is 25.2 Å². The van der Waals surface area contributed by atoms with Crippen LogP contribution in [0.15, 0.2) is 125 Å². The topological polar surface area (TPSA) is 104 Å². The number of fused-ring (bicyclic) bond motifs is 3. The normalized spacial score (nSPS) is 20.1. The molecule has 1 aliphatic rings. The van der Waals surface area contributed by atoms with Crippen LogP contribution in [0.5, 0.6) is 0 Å². The van der Waals surface area contributed by atoms with Crippen LogP contribution < -0.4 is 0 Å². The van der Waals surface area contributed by atoms with Crippen LogP contribution in [-0.2, 0) is 0 Å². The van der Waals surface area contributed by atoms with Crippen molar-refractivity contribution in [1.29, 1.82) is 21.0 Å². The molecular formula is C42H18N6. The third-order valence-electron chi connectivity index (χ3n) is 6.94. The molecule has 6 nitrogen and oxygen atoms in total. The van der Waals surface area contributed by atoms with E-state index in [4.69, 9.17) is 33.7 Å². The number of rotatable bonds is 3. The highest BCUT2D eigenvalue weighted by molar-refractivity contribution is 6.12. The SMILES string of the molecule is [2H]c1c(/C(C#N)=C2/C(=C(/[N+]#[C-])c3c([2H])c([2H])c4c([2H])c(C#N)c([2H])c([2H])c4c3[2H])/C2=C(/C#N)c2c([2H])c([2H])c3c([2H])c([N+]#[C-])c([2H])c([2H])c3c2[2H])c([2H])c2c([2H])c([2H])c(C#N)c([2H])c2c1[2H]. The van der Waals surface area contributed by atoms with Crippen molar-refractivity contribution >= 4 is 54.8 Å². The fraction of sp³-hybridized carbons (Fsp3) is 0. The van der Waals surface area contributed by atoms with Gasteiger partial charge in [-0.05, 0) is 108 Å². The summed E-state index contributed by atoms with van der Waals surface area (Å²) in [5.74, 6) is 0. The lowest BCUT2D eigenvalue weighted by atomic mass is 9.98. The third-order valence-corrected chi connectivity index (χ3v) is 6.94. The molecule has 6 aromatic carbocycles. The van der Waals surface area contributed by atoms with Crippen LogP contribution in [0.4, 0.5) is 5.69 Å². The lowest BCUT2D eigenvalue weighted by Crippen LogP contribution is -1.85. The summed E-state index contributed by atoms with van der Waals surface area (Å²) < 4.78 is 158. The van der Waals surface area contributed by atoms with Gasteiger partial charge in [-0.1, -0.05) is 66.5 Å². The Hall–Kier alpha value is -7.74. The van der Waals surface area contributed by atoms with Gasteiger partial charge in [-0.15, -0.1) is 0 Å². The molecule has 1 aliphatic carbocycles. The van der Waals surface area contributed by atoms with E-state index in [-0.39, 0.29) is 0 Å². The molecule has 0 atom stereocenters. The molecule has 48 heavy (non-hydrogen) atoms. The van der Waals surface area contributed by atoms with E-state index in [0.717, 1.165) is 0 Å². The summed E-state index contributed by atoms with van der Waals surface area (Å²) in [7, 11) is 0. The van der Waals surface area contributed by atoms with E-state index in [1.54, 1.807) is 24.3 Å². The molecule has 6 heteroatoms. The number of hydrogen-bond acceptors (Lipinski definition) is 4. The molecule has 216 valence electrons. The number of nitrogens with zero attached hydrogens (tertiary/aromatic N) is 6. The van der Waals surface area contributed by atoms with Crippen LogP contribution in [0.25, 0.3) is 58.9 Å². The molecule has 1 fully saturated rings. The number of benzene rings is 6. The molecule has 0 aliphatic heterocycles. The first kappa shape index (κ1) is 15.0. The maximum Gasteiger partial charge on any atom is 0.202 e. The van der Waals surface area contributed by atoms with E-state index >= 15 is 0 Å². The summed E-state index contributed by atoms with van der Waals surface area (Å²) in [6.45, 7) is 15.8. The Morgan fingerprint density at radius 2 is 0.917 bits per heavy atom. The van der Waals surface area contributed by atoms with Crippen LogP contribution in [0.1, 0.15) is 52.5 Å². The predicted molar refractivity (Wildman–Crippen MR) is 186 cm³/mol. The van der Waals surface area contributed by atoms with Crippen LogP contribution >= 0.6 is 0 Å². The number of hydrogen-bond donors (Lipinski definition) is 0. The van der Waals surface area contributed by atoms with Crippen LogP contribution in [0.2, 0.25) is 0 Å². The molecule has 0 radical (unpaired) electrons. The summed E-state index contributed by atoms with van der Waals surface area (Å²) in [5, 5.41) is 37.5. The summed E-state index contributed by atoms with van der Waals surface area (Å²) in [6.07, 6.45) is 0. The second kappa shape index (κ2) is 11.6. The molecule has 0 bridgehead atoms. The Kier molecular flexibility index (Phi) is 3.64. The first-order valence-corrected chi connectivity index (χ1v) is 13.3. The minimum Gasteiger partial charge on any atom is -0.238 e. The Morgan fingerprint density at radius 1 is 0.500 bits per heavy atom. The lowest BCUT2D eigenvalue weighted by molar-refractivity contribution is 1.49. The van der Waals surface area contributed by atoms with Crippen LogP contribution in [-0.4, -0.2) is 0 Å². The Morgan fingerprint density at radius 3 is 1.38 bits per heavy atom. The molecule has 0 saturated heterocycles. The molecule has 0 heterocycles. The van der Waals surface area contributed by atoms with Crippen molar-refractivity contribution in [3.63, 3.8) is 0 Å². The Bertz CT molecular complexity index is 3400. The van der Waals surface area contributed by atoms with Crippen LogP contribution in [0.3, 0.4) is 0 Å². The quantitative estimate of drug-likeness (QED) is 0.144. The summed E-state index contributed by atoms with van der Waals surface area (Å²) >= 11 is 0. The molecule has 0 N–H and O–H groups in total. The van der Waals surface area contributed by atoms with Crippen molar-refractivity contribution in [2.45, 2.75) is 0 Å². The molecule has 0 spiro atoms. The largest absolute Gasteiger partial charge is 0.238 e. The molecule has 7 rings (SSSR count). The molecule has 0 aromatic heterocycles. The van der Waals surface area contributed by atoms with E-state index < -0.39 is 208 Å². The zero-order valence-electron chi connectivity index (χ0n) is 41.7. The molecule has 6 aromatic rings. The molecule has 1 saturated carbocycles. The maximum atomic E-state index is 10.9. The highest BCUT2D eigenvalue weighted by atomic mass is 14.7. The third kappa shape index (κ3) is 4.89. The van der Waals surface area contributed by atoms with Gasteiger partial charge < -0.3 is 0 Å². The van der Waals surface area contributed by atoms with Gasteiger partial charge in [0.25, 0.3) is 0 Å². The summed E-state index contributed by atoms with van der Waals surface area (Å²) in [6, 6.07) is -9.01. The minimum atomic E-state index is -0.971. The van der Waals surface area contributed by atoms with E-state index in [2.05, 4.69) is 9.69 Å². The van der Waals surface area contributed by atoms with E-state index in [1.165, 1.54) is 0 Å². The van der Waals surface area contributed by atoms with Gasteiger partial charge in [0, 0.05) is 2.74 Å². The van der Waals surface area contributed by atoms with Crippen molar-refractivity contribution in [1.82, 2.24) is 0 Å². The van der Waals surface area contributed by atoms with Gasteiger partial charge in [0.1, 0.15) is 12.1 Å². The maximum absolute atomic E-state index is 10.9. The van der Waals surface area contributed by atoms with Gasteiger partial charge >= 0.3 is 0 Å². The zero-order valence-corrected chi connectivity index (χ0v) is 23.7. The second-order valence-electron chi connectivity index (χ2n) is 9.62. The van der Waals surface area contributed by atoms with Crippen molar-refractivity contribution in [2.24, 2.45) is 0 Å². The smallest absolute Gasteiger partial charge is 0.202 e. The van der Waals surface area contributed by atoms with Gasteiger partial charge in [-0.2, -0.15) is 21.0 Å². The first-order valence-electron chi connectivity index (χ1n) is 22.3. The molecular weight excluding hydrogens is 589 g/mol. The highest BCUT2D eigenvalue weighted by Crippen LogP contribution is 2.56. The zero-order chi connectivity index (χ0) is 49.0. The summed E-state index contributed by atoms with van der Waals surface area (Å²) in [4.78, 5) is 6.58. The van der Waals surface area contributed by atoms with Crippen molar-refractivity contribution in [3.8, 4) is 24.3 Å². The monoisotopic (exact) mass is 624 g/mol. The average molecular weight is 625 g/mol. The fourth-order valence-corrected chi connectivity index (χ4v) is 4.79.